The van der Waals surface area contributed by atoms with Crippen molar-refractivity contribution in [1.29, 1.82) is 0 Å². The maximum absolute atomic E-state index is 6.51. The summed E-state index contributed by atoms with van der Waals surface area (Å²) in [4.78, 5) is 4.77. The van der Waals surface area contributed by atoms with E-state index in [0.717, 1.165) is 28.3 Å². The number of nitrogens with zero attached hydrogens (tertiary/aromatic N) is 2. The Morgan fingerprint density at radius 2 is 2.26 bits per heavy atom. The summed E-state index contributed by atoms with van der Waals surface area (Å²) in [5.74, 6) is 0.963. The van der Waals surface area contributed by atoms with Gasteiger partial charge < -0.3 is 15.0 Å². The lowest BCUT2D eigenvalue weighted by Crippen LogP contribution is -2.40. The van der Waals surface area contributed by atoms with Crippen molar-refractivity contribution in [2.75, 3.05) is 13.2 Å². The lowest BCUT2D eigenvalue weighted by atomic mass is 9.99. The Labute approximate surface area is 116 Å². The molecule has 2 heterocycles. The van der Waals surface area contributed by atoms with Crippen LogP contribution in [0.5, 0.6) is 0 Å². The Hall–Kier alpha value is -1.10. The van der Waals surface area contributed by atoms with E-state index < -0.39 is 5.54 Å². The minimum atomic E-state index is -0.450. The molecule has 2 aromatic rings. The van der Waals surface area contributed by atoms with E-state index in [2.05, 4.69) is 4.57 Å². The zero-order chi connectivity index (χ0) is 13.0. The van der Waals surface area contributed by atoms with E-state index in [1.807, 2.05) is 18.2 Å². The third-order valence-electron chi connectivity index (χ3n) is 4.06. The number of nitrogens with two attached hydrogens (primary N) is 1. The summed E-state index contributed by atoms with van der Waals surface area (Å²) >= 11 is 6.12. The first-order valence-corrected chi connectivity index (χ1v) is 7.10. The number of imidazole rings is 1. The van der Waals surface area contributed by atoms with Crippen LogP contribution < -0.4 is 5.73 Å². The average Bonchev–Trinajstić information content (AvgIpc) is 3.01. The molecular weight excluding hydrogens is 262 g/mol. The van der Waals surface area contributed by atoms with Crippen LogP contribution in [0.2, 0.25) is 5.02 Å². The molecule has 0 spiro atoms. The van der Waals surface area contributed by atoms with Gasteiger partial charge in [-0.25, -0.2) is 4.98 Å². The van der Waals surface area contributed by atoms with Gasteiger partial charge in [-0.05, 0) is 37.5 Å². The maximum atomic E-state index is 6.51. The van der Waals surface area contributed by atoms with Crippen LogP contribution in [0.15, 0.2) is 18.2 Å². The summed E-state index contributed by atoms with van der Waals surface area (Å²) in [5.41, 5.74) is 8.13. The van der Waals surface area contributed by atoms with Gasteiger partial charge in [-0.3, -0.25) is 0 Å². The number of hydrogen-bond acceptors (Lipinski definition) is 3. The maximum Gasteiger partial charge on any atom is 0.132 e. The highest BCUT2D eigenvalue weighted by Crippen LogP contribution is 2.42. The highest BCUT2D eigenvalue weighted by molar-refractivity contribution is 6.31. The van der Waals surface area contributed by atoms with Gasteiger partial charge in [0.15, 0.2) is 0 Å². The monoisotopic (exact) mass is 277 g/mol. The van der Waals surface area contributed by atoms with Gasteiger partial charge in [0.25, 0.3) is 0 Å². The van der Waals surface area contributed by atoms with E-state index in [9.17, 15) is 0 Å². The number of aromatic nitrogens is 2. The van der Waals surface area contributed by atoms with Gasteiger partial charge >= 0.3 is 0 Å². The predicted molar refractivity (Wildman–Crippen MR) is 74.3 cm³/mol. The molecule has 1 atom stereocenters. The van der Waals surface area contributed by atoms with Crippen LogP contribution in [0.4, 0.5) is 0 Å². The number of rotatable bonds is 2. The van der Waals surface area contributed by atoms with Crippen molar-refractivity contribution >= 4 is 22.6 Å². The molecule has 0 amide bonds. The first-order chi connectivity index (χ1) is 9.17. The zero-order valence-electron chi connectivity index (χ0n) is 10.6. The second kappa shape index (κ2) is 3.95. The van der Waals surface area contributed by atoms with E-state index in [0.29, 0.717) is 19.3 Å². The van der Waals surface area contributed by atoms with Gasteiger partial charge in [0.1, 0.15) is 11.4 Å². The fraction of sp³-hybridized carbons (Fsp3) is 0.500. The normalized spacial score (nSPS) is 27.3. The standard InChI is InChI=1S/C14H16ClN3O/c15-9-1-4-11-12(7-9)18(10-2-3-10)13(17-11)14(16)5-6-19-8-14/h1,4,7,10H,2-3,5-6,8,16H2. The first-order valence-electron chi connectivity index (χ1n) is 6.72. The number of halogens is 1. The Kier molecular flexibility index (Phi) is 2.43. The topological polar surface area (TPSA) is 53.1 Å². The molecule has 1 unspecified atom stereocenters. The highest BCUT2D eigenvalue weighted by atomic mass is 35.5. The van der Waals surface area contributed by atoms with Crippen molar-refractivity contribution in [1.82, 2.24) is 9.55 Å². The van der Waals surface area contributed by atoms with Gasteiger partial charge in [-0.15, -0.1) is 0 Å². The largest absolute Gasteiger partial charge is 0.379 e. The second-order valence-corrected chi connectivity index (χ2v) is 6.06. The molecule has 1 saturated heterocycles. The molecule has 1 aliphatic heterocycles. The van der Waals surface area contributed by atoms with Gasteiger partial charge in [-0.1, -0.05) is 11.6 Å². The minimum Gasteiger partial charge on any atom is -0.379 e. The van der Waals surface area contributed by atoms with Crippen LogP contribution in [0.1, 0.15) is 31.1 Å². The van der Waals surface area contributed by atoms with Crippen molar-refractivity contribution in [2.24, 2.45) is 5.73 Å². The molecule has 0 radical (unpaired) electrons. The predicted octanol–water partition coefficient (Wildman–Crippen LogP) is 2.60. The number of ether oxygens (including phenoxy) is 1. The quantitative estimate of drug-likeness (QED) is 0.918. The van der Waals surface area contributed by atoms with Gasteiger partial charge in [0.2, 0.25) is 0 Å². The number of benzene rings is 1. The molecule has 19 heavy (non-hydrogen) atoms. The molecule has 4 rings (SSSR count). The summed E-state index contributed by atoms with van der Waals surface area (Å²) in [6.07, 6.45) is 3.22. The summed E-state index contributed by atoms with van der Waals surface area (Å²) in [6.45, 7) is 1.27. The molecule has 2 aliphatic rings. The summed E-state index contributed by atoms with van der Waals surface area (Å²) in [7, 11) is 0. The van der Waals surface area contributed by atoms with Crippen LogP contribution in [0.3, 0.4) is 0 Å². The lowest BCUT2D eigenvalue weighted by molar-refractivity contribution is 0.175. The van der Waals surface area contributed by atoms with Gasteiger partial charge in [0, 0.05) is 17.7 Å². The number of hydrogen-bond donors (Lipinski definition) is 1. The molecule has 2 N–H and O–H groups in total. The third-order valence-corrected chi connectivity index (χ3v) is 4.30. The van der Waals surface area contributed by atoms with Crippen LogP contribution in [-0.2, 0) is 10.3 Å². The van der Waals surface area contributed by atoms with E-state index in [1.165, 1.54) is 12.8 Å². The summed E-state index contributed by atoms with van der Waals surface area (Å²) in [5, 5.41) is 0.745. The highest BCUT2D eigenvalue weighted by Gasteiger charge is 2.40. The first kappa shape index (κ1) is 11.7. The summed E-state index contributed by atoms with van der Waals surface area (Å²) in [6, 6.07) is 6.37. The molecule has 0 bridgehead atoms. The Morgan fingerprint density at radius 3 is 2.95 bits per heavy atom. The smallest absolute Gasteiger partial charge is 0.132 e. The van der Waals surface area contributed by atoms with Gasteiger partial charge in [0.05, 0.1) is 17.6 Å². The van der Waals surface area contributed by atoms with E-state index >= 15 is 0 Å². The molecule has 4 nitrogen and oxygen atoms in total. The lowest BCUT2D eigenvalue weighted by Gasteiger charge is -2.22. The van der Waals surface area contributed by atoms with Crippen molar-refractivity contribution in [2.45, 2.75) is 30.8 Å². The van der Waals surface area contributed by atoms with Crippen LogP contribution >= 0.6 is 11.6 Å². The minimum absolute atomic E-state index is 0.450. The number of fused-ring (bicyclic) bond motifs is 1. The van der Waals surface area contributed by atoms with Crippen molar-refractivity contribution in [3.05, 3.63) is 29.0 Å². The summed E-state index contributed by atoms with van der Waals surface area (Å²) < 4.78 is 7.77. The van der Waals surface area contributed by atoms with Crippen LogP contribution in [0, 0.1) is 0 Å². The molecule has 1 aliphatic carbocycles. The molecule has 1 aromatic heterocycles. The molecule has 1 aromatic carbocycles. The zero-order valence-corrected chi connectivity index (χ0v) is 11.4. The second-order valence-electron chi connectivity index (χ2n) is 5.63. The van der Waals surface area contributed by atoms with Crippen molar-refractivity contribution < 1.29 is 4.74 Å². The average molecular weight is 278 g/mol. The van der Waals surface area contributed by atoms with Crippen molar-refractivity contribution in [3.63, 3.8) is 0 Å². The van der Waals surface area contributed by atoms with Gasteiger partial charge in [-0.2, -0.15) is 0 Å². The molecule has 100 valence electrons. The van der Waals surface area contributed by atoms with Crippen LogP contribution in [0.25, 0.3) is 11.0 Å². The Morgan fingerprint density at radius 1 is 1.42 bits per heavy atom. The molecule has 5 heteroatoms. The molecular formula is C14H16ClN3O. The van der Waals surface area contributed by atoms with Crippen molar-refractivity contribution in [3.8, 4) is 0 Å². The SMILES string of the molecule is NC1(c2nc3ccc(Cl)cc3n2C2CC2)CCOC1. The fourth-order valence-electron chi connectivity index (χ4n) is 2.88. The fourth-order valence-corrected chi connectivity index (χ4v) is 3.04. The van der Waals surface area contributed by atoms with E-state index in [-0.39, 0.29) is 0 Å². The Balaban J connectivity index is 1.96. The molecule has 1 saturated carbocycles. The van der Waals surface area contributed by atoms with E-state index in [1.54, 1.807) is 0 Å². The third kappa shape index (κ3) is 1.78. The van der Waals surface area contributed by atoms with Crippen LogP contribution in [-0.4, -0.2) is 22.8 Å². The van der Waals surface area contributed by atoms with E-state index in [4.69, 9.17) is 27.1 Å². The Bertz CT molecular complexity index is 641. The molecule has 2 fully saturated rings.